The number of amides is 1. The van der Waals surface area contributed by atoms with Crippen LogP contribution in [0, 0.1) is 0 Å². The molecule has 2 aromatic rings. The van der Waals surface area contributed by atoms with Crippen LogP contribution in [-0.4, -0.2) is 50.0 Å². The fraction of sp³-hybridized carbons (Fsp3) is 0.471. The van der Waals surface area contributed by atoms with E-state index < -0.39 is 21.3 Å². The molecular formula is C17H22N4O5S. The van der Waals surface area contributed by atoms with Gasteiger partial charge in [0.25, 0.3) is 11.5 Å². The van der Waals surface area contributed by atoms with Gasteiger partial charge in [0.1, 0.15) is 6.61 Å². The van der Waals surface area contributed by atoms with Gasteiger partial charge in [-0.2, -0.15) is 0 Å². The smallest absolute Gasteiger partial charge is 0.295 e. The average molecular weight is 394 g/mol. The third-order valence-electron chi connectivity index (χ3n) is 4.63. The number of nitrogens with two attached hydrogens (primary N) is 1. The fourth-order valence-corrected chi connectivity index (χ4v) is 4.49. The van der Waals surface area contributed by atoms with Gasteiger partial charge in [-0.3, -0.25) is 9.59 Å². The summed E-state index contributed by atoms with van der Waals surface area (Å²) in [5.41, 5.74) is 5.38. The van der Waals surface area contributed by atoms with Crippen molar-refractivity contribution in [1.29, 1.82) is 0 Å². The quantitative estimate of drug-likeness (QED) is 0.718. The number of hydrogen-bond acceptors (Lipinski definition) is 7. The summed E-state index contributed by atoms with van der Waals surface area (Å²) in [4.78, 5) is 34.5. The number of fused-ring (bicyclic) bond motifs is 1. The molecule has 1 aliphatic rings. The summed E-state index contributed by atoms with van der Waals surface area (Å²) >= 11 is 0. The second kappa shape index (κ2) is 7.28. The maximum Gasteiger partial charge on any atom is 0.295 e. The Bertz CT molecular complexity index is 1060. The zero-order chi connectivity index (χ0) is 19.8. The average Bonchev–Trinajstić information content (AvgIpc) is 2.62. The van der Waals surface area contributed by atoms with Crippen molar-refractivity contribution in [3.63, 3.8) is 0 Å². The zero-order valence-corrected chi connectivity index (χ0v) is 16.0. The molecule has 146 valence electrons. The molecule has 1 fully saturated rings. The van der Waals surface area contributed by atoms with Crippen LogP contribution < -0.4 is 21.4 Å². The summed E-state index contributed by atoms with van der Waals surface area (Å²) in [6.07, 6.45) is 2.49. The van der Waals surface area contributed by atoms with Crippen LogP contribution in [0.15, 0.2) is 21.8 Å². The molecule has 3 N–H and O–H groups in total. The van der Waals surface area contributed by atoms with Crippen molar-refractivity contribution >= 4 is 26.6 Å². The number of hydrogen-bond donors (Lipinski definition) is 2. The van der Waals surface area contributed by atoms with Gasteiger partial charge in [-0.05, 0) is 56.5 Å². The van der Waals surface area contributed by atoms with Crippen LogP contribution in [0.25, 0.3) is 10.9 Å². The molecule has 0 unspecified atom stereocenters. The highest BCUT2D eigenvalue weighted by Crippen LogP contribution is 2.34. The Morgan fingerprint density at radius 2 is 2.04 bits per heavy atom. The Hall–Kier alpha value is -2.46. The molecule has 27 heavy (non-hydrogen) atoms. The topological polar surface area (TPSA) is 133 Å². The number of rotatable bonds is 5. The van der Waals surface area contributed by atoms with Gasteiger partial charge in [-0.15, -0.1) is 4.73 Å². The fourth-order valence-electron chi connectivity index (χ4n) is 3.51. The van der Waals surface area contributed by atoms with E-state index in [1.807, 2.05) is 0 Å². The van der Waals surface area contributed by atoms with Crippen molar-refractivity contribution in [3.8, 4) is 0 Å². The molecule has 3 rings (SSSR count). The lowest BCUT2D eigenvalue weighted by molar-refractivity contribution is 0.0834. The SMILES string of the molecule is CCOn1c(C(N)=O)nc2ccc(S(C)(=O)=O)c(C3CCNCC3)c2c1=O. The molecule has 0 spiro atoms. The van der Waals surface area contributed by atoms with E-state index in [0.717, 1.165) is 24.1 Å². The Kier molecular flexibility index (Phi) is 5.20. The molecule has 1 aromatic heterocycles. The first-order valence-corrected chi connectivity index (χ1v) is 10.6. The normalized spacial score (nSPS) is 15.8. The van der Waals surface area contributed by atoms with Gasteiger partial charge >= 0.3 is 0 Å². The third-order valence-corrected chi connectivity index (χ3v) is 5.78. The molecule has 1 aliphatic heterocycles. The first-order chi connectivity index (χ1) is 12.8. The number of nitrogens with zero attached hydrogens (tertiary/aromatic N) is 2. The number of benzene rings is 1. The van der Waals surface area contributed by atoms with E-state index in [1.165, 1.54) is 12.1 Å². The molecule has 9 nitrogen and oxygen atoms in total. The Balaban J connectivity index is 2.44. The van der Waals surface area contributed by atoms with Crippen molar-refractivity contribution in [1.82, 2.24) is 15.0 Å². The lowest BCUT2D eigenvalue weighted by Gasteiger charge is -2.26. The van der Waals surface area contributed by atoms with Crippen LogP contribution in [0.2, 0.25) is 0 Å². The molecule has 0 bridgehead atoms. The highest BCUT2D eigenvalue weighted by molar-refractivity contribution is 7.90. The highest BCUT2D eigenvalue weighted by atomic mass is 32.2. The van der Waals surface area contributed by atoms with Crippen molar-refractivity contribution in [2.24, 2.45) is 5.73 Å². The third kappa shape index (κ3) is 3.54. The van der Waals surface area contributed by atoms with E-state index in [-0.39, 0.29) is 34.1 Å². The molecular weight excluding hydrogens is 372 g/mol. The van der Waals surface area contributed by atoms with Gasteiger partial charge in [-0.25, -0.2) is 13.4 Å². The van der Waals surface area contributed by atoms with E-state index in [0.29, 0.717) is 18.4 Å². The number of nitrogens with one attached hydrogen (secondary N) is 1. The van der Waals surface area contributed by atoms with Crippen LogP contribution in [0.5, 0.6) is 0 Å². The minimum Gasteiger partial charge on any atom is -0.409 e. The van der Waals surface area contributed by atoms with Crippen molar-refractivity contribution in [3.05, 3.63) is 33.9 Å². The molecule has 1 aromatic carbocycles. The number of piperidine rings is 1. The lowest BCUT2D eigenvalue weighted by atomic mass is 9.88. The molecule has 10 heteroatoms. The summed E-state index contributed by atoms with van der Waals surface area (Å²) < 4.78 is 25.5. The minimum atomic E-state index is -3.57. The van der Waals surface area contributed by atoms with E-state index in [9.17, 15) is 18.0 Å². The summed E-state index contributed by atoms with van der Waals surface area (Å²) in [5, 5.41) is 3.38. The van der Waals surface area contributed by atoms with Gasteiger partial charge in [0.2, 0.25) is 5.82 Å². The van der Waals surface area contributed by atoms with Crippen molar-refractivity contribution < 1.29 is 18.0 Å². The van der Waals surface area contributed by atoms with Crippen molar-refractivity contribution in [2.45, 2.75) is 30.6 Å². The first-order valence-electron chi connectivity index (χ1n) is 8.69. The van der Waals surface area contributed by atoms with Gasteiger partial charge in [0.05, 0.1) is 15.8 Å². The number of sulfone groups is 1. The van der Waals surface area contributed by atoms with Gasteiger partial charge in [-0.1, -0.05) is 0 Å². The van der Waals surface area contributed by atoms with Gasteiger partial charge < -0.3 is 15.9 Å². The second-order valence-corrected chi connectivity index (χ2v) is 8.47. The lowest BCUT2D eigenvalue weighted by Crippen LogP contribution is -2.36. The molecule has 0 saturated carbocycles. The van der Waals surface area contributed by atoms with Crippen molar-refractivity contribution in [2.75, 3.05) is 26.0 Å². The molecule has 0 atom stereocenters. The predicted molar refractivity (Wildman–Crippen MR) is 99.6 cm³/mol. The summed E-state index contributed by atoms with van der Waals surface area (Å²) in [6.45, 7) is 3.21. The van der Waals surface area contributed by atoms with E-state index in [1.54, 1.807) is 6.92 Å². The van der Waals surface area contributed by atoms with Crippen LogP contribution in [0.1, 0.15) is 41.9 Å². The van der Waals surface area contributed by atoms with Crippen LogP contribution in [-0.2, 0) is 9.84 Å². The standard InChI is InChI=1S/C17H22N4O5S/c1-3-26-21-16(15(18)22)20-11-4-5-12(27(2,24)25)13(14(11)17(21)23)10-6-8-19-9-7-10/h4-5,10,19H,3,6-9H2,1-2H3,(H2,18,22). The van der Waals surface area contributed by atoms with E-state index >= 15 is 0 Å². The Morgan fingerprint density at radius 3 is 2.59 bits per heavy atom. The maximum absolute atomic E-state index is 13.2. The van der Waals surface area contributed by atoms with Crippen LogP contribution >= 0.6 is 0 Å². The minimum absolute atomic E-state index is 0.107. The van der Waals surface area contributed by atoms with E-state index in [2.05, 4.69) is 10.3 Å². The summed E-state index contributed by atoms with van der Waals surface area (Å²) in [6, 6.07) is 2.87. The van der Waals surface area contributed by atoms with Gasteiger partial charge in [0.15, 0.2) is 9.84 Å². The van der Waals surface area contributed by atoms with Crippen LogP contribution in [0.3, 0.4) is 0 Å². The number of primary amides is 1. The summed E-state index contributed by atoms with van der Waals surface area (Å²) in [5.74, 6) is -1.35. The predicted octanol–water partition coefficient (Wildman–Crippen LogP) is -0.186. The number of aromatic nitrogens is 2. The second-order valence-electron chi connectivity index (χ2n) is 6.48. The molecule has 0 aliphatic carbocycles. The molecule has 2 heterocycles. The maximum atomic E-state index is 13.2. The Labute approximate surface area is 156 Å². The van der Waals surface area contributed by atoms with E-state index in [4.69, 9.17) is 10.6 Å². The monoisotopic (exact) mass is 394 g/mol. The largest absolute Gasteiger partial charge is 0.409 e. The molecule has 0 radical (unpaired) electrons. The Morgan fingerprint density at radius 1 is 1.37 bits per heavy atom. The summed E-state index contributed by atoms with van der Waals surface area (Å²) in [7, 11) is -3.57. The number of carbonyl (C=O) groups is 1. The first kappa shape index (κ1) is 19.3. The van der Waals surface area contributed by atoms with Gasteiger partial charge in [0, 0.05) is 6.26 Å². The number of carbonyl (C=O) groups excluding carboxylic acids is 1. The molecule has 1 saturated heterocycles. The molecule has 1 amide bonds. The highest BCUT2D eigenvalue weighted by Gasteiger charge is 2.28. The zero-order valence-electron chi connectivity index (χ0n) is 15.2. The van der Waals surface area contributed by atoms with Crippen LogP contribution in [0.4, 0.5) is 0 Å².